The van der Waals surface area contributed by atoms with Gasteiger partial charge in [-0.3, -0.25) is 9.59 Å². The van der Waals surface area contributed by atoms with Gasteiger partial charge in [0, 0.05) is 11.1 Å². The van der Waals surface area contributed by atoms with Crippen molar-refractivity contribution in [1.82, 2.24) is 0 Å². The molecule has 0 bridgehead atoms. The molecule has 0 aliphatic rings. The molecular weight excluding hydrogens is 389 g/mol. The summed E-state index contributed by atoms with van der Waals surface area (Å²) in [5.41, 5.74) is 1.06. The van der Waals surface area contributed by atoms with Crippen molar-refractivity contribution in [2.75, 3.05) is 18.5 Å². The number of amides is 1. The molecule has 0 atom stereocenters. The van der Waals surface area contributed by atoms with E-state index in [9.17, 15) is 18.8 Å². The van der Waals surface area contributed by atoms with Crippen LogP contribution in [0.5, 0.6) is 5.75 Å². The first kappa shape index (κ1) is 20.7. The zero-order chi connectivity index (χ0) is 21.3. The van der Waals surface area contributed by atoms with Crippen molar-refractivity contribution < 1.29 is 28.2 Å². The Hall–Kier alpha value is -4.00. The summed E-state index contributed by atoms with van der Waals surface area (Å²) in [7, 11) is 0. The summed E-state index contributed by atoms with van der Waals surface area (Å²) in [5, 5.41) is 2.31. The van der Waals surface area contributed by atoms with Gasteiger partial charge in [0.1, 0.15) is 11.6 Å². The quantitative estimate of drug-likeness (QED) is 0.456. The van der Waals surface area contributed by atoms with Gasteiger partial charge in [-0.25, -0.2) is 9.18 Å². The van der Waals surface area contributed by atoms with E-state index in [1.165, 1.54) is 18.2 Å². The number of halogens is 1. The highest BCUT2D eigenvalue weighted by atomic mass is 19.1. The lowest BCUT2D eigenvalue weighted by Gasteiger charge is -2.09. The molecule has 30 heavy (non-hydrogen) atoms. The maximum Gasteiger partial charge on any atom is 0.344 e. The number of benzene rings is 3. The maximum atomic E-state index is 13.5. The third-order valence-corrected chi connectivity index (χ3v) is 4.02. The van der Waals surface area contributed by atoms with Crippen molar-refractivity contribution in [2.45, 2.75) is 0 Å². The molecule has 0 radical (unpaired) electrons. The molecule has 0 saturated heterocycles. The number of ketones is 1. The van der Waals surface area contributed by atoms with Crippen molar-refractivity contribution in [3.8, 4) is 5.75 Å². The first-order valence-corrected chi connectivity index (χ1v) is 9.05. The number of anilines is 1. The fourth-order valence-electron chi connectivity index (χ4n) is 2.54. The minimum atomic E-state index is -0.761. The Morgan fingerprint density at radius 1 is 0.767 bits per heavy atom. The highest BCUT2D eigenvalue weighted by molar-refractivity contribution is 6.09. The molecule has 0 saturated carbocycles. The van der Waals surface area contributed by atoms with Crippen LogP contribution in [-0.4, -0.2) is 30.9 Å². The molecule has 0 spiro atoms. The van der Waals surface area contributed by atoms with Crippen molar-refractivity contribution in [1.29, 1.82) is 0 Å². The summed E-state index contributed by atoms with van der Waals surface area (Å²) in [4.78, 5) is 35.8. The van der Waals surface area contributed by atoms with Crippen LogP contribution in [0, 0.1) is 5.82 Å². The molecule has 3 aromatic rings. The fourth-order valence-corrected chi connectivity index (χ4v) is 2.54. The van der Waals surface area contributed by atoms with Crippen LogP contribution >= 0.6 is 0 Å². The lowest BCUT2D eigenvalue weighted by molar-refractivity contribution is -0.149. The molecule has 6 nitrogen and oxygen atoms in total. The van der Waals surface area contributed by atoms with Crippen molar-refractivity contribution in [3.63, 3.8) is 0 Å². The molecule has 0 aliphatic carbocycles. The molecule has 7 heteroatoms. The van der Waals surface area contributed by atoms with Crippen LogP contribution in [0.25, 0.3) is 0 Å². The predicted molar refractivity (Wildman–Crippen MR) is 108 cm³/mol. The molecule has 0 unspecified atom stereocenters. The standard InChI is InChI=1S/C23H18FNO5/c24-19-8-4-5-9-20(19)25-21(26)14-30-22(27)15-29-18-12-10-17(11-13-18)23(28)16-6-2-1-3-7-16/h1-13H,14-15H2,(H,25,26). The van der Waals surface area contributed by atoms with Gasteiger partial charge in [0.25, 0.3) is 5.91 Å². The number of rotatable bonds is 8. The minimum absolute atomic E-state index is 0.0000568. The van der Waals surface area contributed by atoms with E-state index in [-0.39, 0.29) is 11.5 Å². The molecule has 1 N–H and O–H groups in total. The number of para-hydroxylation sites is 1. The molecule has 152 valence electrons. The molecule has 0 aromatic heterocycles. The third kappa shape index (κ3) is 5.75. The van der Waals surface area contributed by atoms with E-state index >= 15 is 0 Å². The smallest absolute Gasteiger partial charge is 0.344 e. The van der Waals surface area contributed by atoms with Gasteiger partial charge in [0.2, 0.25) is 0 Å². The number of hydrogen-bond donors (Lipinski definition) is 1. The summed E-state index contributed by atoms with van der Waals surface area (Å²) in [6.45, 7) is -0.986. The SMILES string of the molecule is O=C(COC(=O)COc1ccc(C(=O)c2ccccc2)cc1)Nc1ccccc1F. The van der Waals surface area contributed by atoms with Gasteiger partial charge >= 0.3 is 5.97 Å². The van der Waals surface area contributed by atoms with Gasteiger partial charge in [0.15, 0.2) is 19.0 Å². The Balaban J connectivity index is 1.44. The Morgan fingerprint density at radius 3 is 2.10 bits per heavy atom. The van der Waals surface area contributed by atoms with E-state index in [1.807, 2.05) is 6.07 Å². The normalized spacial score (nSPS) is 10.2. The van der Waals surface area contributed by atoms with Crippen LogP contribution in [0.3, 0.4) is 0 Å². The van der Waals surface area contributed by atoms with Crippen molar-refractivity contribution in [2.24, 2.45) is 0 Å². The first-order chi connectivity index (χ1) is 14.5. The monoisotopic (exact) mass is 407 g/mol. The second kappa shape index (κ2) is 9.97. The van der Waals surface area contributed by atoms with Crippen molar-refractivity contribution >= 4 is 23.3 Å². The zero-order valence-electron chi connectivity index (χ0n) is 15.8. The highest BCUT2D eigenvalue weighted by Gasteiger charge is 2.12. The molecule has 3 aromatic carbocycles. The number of nitrogens with one attached hydrogen (secondary N) is 1. The van der Waals surface area contributed by atoms with Gasteiger partial charge in [-0.15, -0.1) is 0 Å². The van der Waals surface area contributed by atoms with Crippen LogP contribution in [0.4, 0.5) is 10.1 Å². The number of carbonyl (C=O) groups excluding carboxylic acids is 3. The van der Waals surface area contributed by atoms with Gasteiger partial charge < -0.3 is 14.8 Å². The molecule has 0 fully saturated rings. The highest BCUT2D eigenvalue weighted by Crippen LogP contribution is 2.16. The number of carbonyl (C=O) groups is 3. The zero-order valence-corrected chi connectivity index (χ0v) is 15.8. The Labute approximate surface area is 172 Å². The maximum absolute atomic E-state index is 13.5. The van der Waals surface area contributed by atoms with Gasteiger partial charge in [-0.1, -0.05) is 42.5 Å². The summed E-state index contributed by atoms with van der Waals surface area (Å²) >= 11 is 0. The van der Waals surface area contributed by atoms with Gasteiger partial charge in [-0.2, -0.15) is 0 Å². The molecule has 0 aliphatic heterocycles. The number of ether oxygens (including phenoxy) is 2. The lowest BCUT2D eigenvalue weighted by atomic mass is 10.0. The Morgan fingerprint density at radius 2 is 1.40 bits per heavy atom. The van der Waals surface area contributed by atoms with E-state index in [0.717, 1.165) is 0 Å². The van der Waals surface area contributed by atoms with Crippen LogP contribution in [0.2, 0.25) is 0 Å². The summed E-state index contributed by atoms with van der Waals surface area (Å²) in [5.74, 6) is -1.77. The largest absolute Gasteiger partial charge is 0.482 e. The van der Waals surface area contributed by atoms with E-state index in [1.54, 1.807) is 54.6 Å². The van der Waals surface area contributed by atoms with Crippen LogP contribution in [0.15, 0.2) is 78.9 Å². The van der Waals surface area contributed by atoms with Crippen LogP contribution < -0.4 is 10.1 Å². The van der Waals surface area contributed by atoms with Gasteiger partial charge in [0.05, 0.1) is 5.69 Å². The third-order valence-electron chi connectivity index (χ3n) is 4.02. The van der Waals surface area contributed by atoms with E-state index in [4.69, 9.17) is 9.47 Å². The van der Waals surface area contributed by atoms with Crippen molar-refractivity contribution in [3.05, 3.63) is 95.8 Å². The summed E-state index contributed by atoms with van der Waals surface area (Å²) in [6.07, 6.45) is 0. The Kier molecular flexibility index (Phi) is 6.89. The average molecular weight is 407 g/mol. The summed E-state index contributed by atoms with van der Waals surface area (Å²) < 4.78 is 23.6. The fraction of sp³-hybridized carbons (Fsp3) is 0.0870. The lowest BCUT2D eigenvalue weighted by Crippen LogP contribution is -2.24. The molecular formula is C23H18FNO5. The molecule has 0 heterocycles. The first-order valence-electron chi connectivity index (χ1n) is 9.05. The summed E-state index contributed by atoms with van der Waals surface area (Å²) in [6, 6.07) is 20.8. The van der Waals surface area contributed by atoms with Crippen LogP contribution in [0.1, 0.15) is 15.9 Å². The minimum Gasteiger partial charge on any atom is -0.482 e. The topological polar surface area (TPSA) is 81.7 Å². The molecule has 3 rings (SSSR count). The predicted octanol–water partition coefficient (Wildman–Crippen LogP) is 3.62. The van der Waals surface area contributed by atoms with Gasteiger partial charge in [-0.05, 0) is 36.4 Å². The van der Waals surface area contributed by atoms with E-state index in [2.05, 4.69) is 5.32 Å². The number of hydrogen-bond acceptors (Lipinski definition) is 5. The Bertz CT molecular complexity index is 1030. The van der Waals surface area contributed by atoms with E-state index < -0.39 is 30.9 Å². The second-order valence-electron chi connectivity index (χ2n) is 6.20. The molecule has 1 amide bonds. The second-order valence-corrected chi connectivity index (χ2v) is 6.20. The number of esters is 1. The average Bonchev–Trinajstić information content (AvgIpc) is 2.78. The van der Waals surface area contributed by atoms with E-state index in [0.29, 0.717) is 16.9 Å². The van der Waals surface area contributed by atoms with Crippen LogP contribution in [-0.2, 0) is 14.3 Å².